The topological polar surface area (TPSA) is 24.9 Å². The lowest BCUT2D eigenvalue weighted by Gasteiger charge is -2.12. The lowest BCUT2D eigenvalue weighted by atomic mass is 10.1. The molecule has 0 radical (unpaired) electrons. The number of rotatable bonds is 4. The summed E-state index contributed by atoms with van der Waals surface area (Å²) in [6, 6.07) is 4.59. The fourth-order valence-corrected chi connectivity index (χ4v) is 1.31. The van der Waals surface area contributed by atoms with Crippen molar-refractivity contribution in [1.29, 1.82) is 0 Å². The number of nitrogens with one attached hydrogen (secondary N) is 1. The standard InChI is InChI=1S/C11H18N2/c1-4-6-10-7-5-8-12-11(10)13-9(2)3/h5,7-9H,4,6H2,1-3H3,(H,12,13). The van der Waals surface area contributed by atoms with Gasteiger partial charge in [-0.15, -0.1) is 0 Å². The Morgan fingerprint density at radius 2 is 2.23 bits per heavy atom. The van der Waals surface area contributed by atoms with Crippen LogP contribution in [-0.2, 0) is 6.42 Å². The molecule has 0 saturated heterocycles. The highest BCUT2D eigenvalue weighted by molar-refractivity contribution is 5.44. The molecule has 1 N–H and O–H groups in total. The Morgan fingerprint density at radius 1 is 1.46 bits per heavy atom. The molecule has 1 aromatic rings. The molecule has 0 aliphatic carbocycles. The second-order valence-corrected chi connectivity index (χ2v) is 3.56. The smallest absolute Gasteiger partial charge is 0.129 e. The highest BCUT2D eigenvalue weighted by atomic mass is 15.0. The fourth-order valence-electron chi connectivity index (χ4n) is 1.31. The van der Waals surface area contributed by atoms with Crippen molar-refractivity contribution in [3.05, 3.63) is 23.9 Å². The Kier molecular flexibility index (Phi) is 3.74. The van der Waals surface area contributed by atoms with Gasteiger partial charge in [0.15, 0.2) is 0 Å². The quantitative estimate of drug-likeness (QED) is 0.766. The van der Waals surface area contributed by atoms with Crippen molar-refractivity contribution < 1.29 is 0 Å². The summed E-state index contributed by atoms with van der Waals surface area (Å²) >= 11 is 0. The molecule has 0 aromatic carbocycles. The molecule has 72 valence electrons. The van der Waals surface area contributed by atoms with Gasteiger partial charge in [0.05, 0.1) is 0 Å². The Labute approximate surface area is 80.4 Å². The molecule has 0 amide bonds. The van der Waals surface area contributed by atoms with Crippen LogP contribution in [-0.4, -0.2) is 11.0 Å². The van der Waals surface area contributed by atoms with Gasteiger partial charge in [0.25, 0.3) is 0 Å². The van der Waals surface area contributed by atoms with Crippen LogP contribution < -0.4 is 5.32 Å². The molecule has 0 aliphatic heterocycles. The highest BCUT2D eigenvalue weighted by Crippen LogP contribution is 2.14. The number of anilines is 1. The van der Waals surface area contributed by atoms with Crippen LogP contribution in [0.2, 0.25) is 0 Å². The van der Waals surface area contributed by atoms with Crippen LogP contribution in [0.3, 0.4) is 0 Å². The molecule has 0 atom stereocenters. The lowest BCUT2D eigenvalue weighted by molar-refractivity contribution is 0.864. The van der Waals surface area contributed by atoms with E-state index in [9.17, 15) is 0 Å². The Balaban J connectivity index is 2.78. The minimum absolute atomic E-state index is 0.450. The zero-order valence-electron chi connectivity index (χ0n) is 8.67. The molecule has 1 aromatic heterocycles. The second-order valence-electron chi connectivity index (χ2n) is 3.56. The van der Waals surface area contributed by atoms with E-state index in [4.69, 9.17) is 0 Å². The van der Waals surface area contributed by atoms with Gasteiger partial charge in [0, 0.05) is 12.2 Å². The summed E-state index contributed by atoms with van der Waals surface area (Å²) in [6.07, 6.45) is 4.10. The molecule has 1 heterocycles. The second kappa shape index (κ2) is 4.85. The average molecular weight is 178 g/mol. The van der Waals surface area contributed by atoms with E-state index in [0.717, 1.165) is 12.2 Å². The van der Waals surface area contributed by atoms with Gasteiger partial charge in [-0.3, -0.25) is 0 Å². The molecular weight excluding hydrogens is 160 g/mol. The first-order valence-corrected chi connectivity index (χ1v) is 4.94. The molecule has 2 nitrogen and oxygen atoms in total. The van der Waals surface area contributed by atoms with Crippen LogP contribution in [0.15, 0.2) is 18.3 Å². The molecule has 0 fully saturated rings. The number of pyridine rings is 1. The van der Waals surface area contributed by atoms with Crippen LogP contribution in [0, 0.1) is 0 Å². The Morgan fingerprint density at radius 3 is 2.85 bits per heavy atom. The van der Waals surface area contributed by atoms with Crippen molar-refractivity contribution in [3.8, 4) is 0 Å². The maximum absolute atomic E-state index is 4.33. The predicted molar refractivity (Wildman–Crippen MR) is 57.0 cm³/mol. The van der Waals surface area contributed by atoms with Crippen molar-refractivity contribution in [1.82, 2.24) is 4.98 Å². The van der Waals surface area contributed by atoms with E-state index in [0.29, 0.717) is 6.04 Å². The van der Waals surface area contributed by atoms with E-state index in [1.807, 2.05) is 12.3 Å². The number of aryl methyl sites for hydroxylation is 1. The lowest BCUT2D eigenvalue weighted by Crippen LogP contribution is -2.12. The number of hydrogen-bond acceptors (Lipinski definition) is 2. The van der Waals surface area contributed by atoms with Gasteiger partial charge in [0.1, 0.15) is 5.82 Å². The van der Waals surface area contributed by atoms with Crippen LogP contribution in [0.4, 0.5) is 5.82 Å². The molecule has 0 aliphatic rings. The number of nitrogens with zero attached hydrogens (tertiary/aromatic N) is 1. The first-order chi connectivity index (χ1) is 6.24. The fraction of sp³-hybridized carbons (Fsp3) is 0.545. The van der Waals surface area contributed by atoms with Crippen molar-refractivity contribution in [2.24, 2.45) is 0 Å². The zero-order valence-corrected chi connectivity index (χ0v) is 8.67. The van der Waals surface area contributed by atoms with Gasteiger partial charge in [0.2, 0.25) is 0 Å². The molecule has 0 bridgehead atoms. The Bertz CT molecular complexity index is 256. The minimum atomic E-state index is 0.450. The normalized spacial score (nSPS) is 10.5. The summed E-state index contributed by atoms with van der Waals surface area (Å²) in [5.41, 5.74) is 1.32. The number of aromatic nitrogens is 1. The first-order valence-electron chi connectivity index (χ1n) is 4.94. The van der Waals surface area contributed by atoms with Crippen molar-refractivity contribution >= 4 is 5.82 Å². The molecule has 0 unspecified atom stereocenters. The van der Waals surface area contributed by atoms with E-state index in [1.165, 1.54) is 12.0 Å². The van der Waals surface area contributed by atoms with Gasteiger partial charge < -0.3 is 5.32 Å². The van der Waals surface area contributed by atoms with E-state index in [-0.39, 0.29) is 0 Å². The molecular formula is C11H18N2. The first kappa shape index (κ1) is 10.0. The average Bonchev–Trinajstić information content (AvgIpc) is 2.08. The third kappa shape index (κ3) is 3.05. The minimum Gasteiger partial charge on any atom is -0.368 e. The molecule has 2 heteroatoms. The molecule has 1 rings (SSSR count). The zero-order chi connectivity index (χ0) is 9.68. The molecule has 13 heavy (non-hydrogen) atoms. The van der Waals surface area contributed by atoms with Crippen LogP contribution in [0.5, 0.6) is 0 Å². The van der Waals surface area contributed by atoms with Gasteiger partial charge in [-0.2, -0.15) is 0 Å². The van der Waals surface area contributed by atoms with Crippen LogP contribution >= 0.6 is 0 Å². The summed E-state index contributed by atoms with van der Waals surface area (Å²) in [5.74, 6) is 1.04. The SMILES string of the molecule is CCCc1cccnc1NC(C)C. The summed E-state index contributed by atoms with van der Waals surface area (Å²) in [6.45, 7) is 6.45. The van der Waals surface area contributed by atoms with Crippen LogP contribution in [0.25, 0.3) is 0 Å². The maximum atomic E-state index is 4.33. The van der Waals surface area contributed by atoms with Crippen molar-refractivity contribution in [3.63, 3.8) is 0 Å². The van der Waals surface area contributed by atoms with Gasteiger partial charge in [-0.05, 0) is 31.9 Å². The third-order valence-electron chi connectivity index (χ3n) is 1.84. The maximum Gasteiger partial charge on any atom is 0.129 e. The summed E-state index contributed by atoms with van der Waals surface area (Å²) in [4.78, 5) is 4.33. The molecule has 0 spiro atoms. The summed E-state index contributed by atoms with van der Waals surface area (Å²) < 4.78 is 0. The van der Waals surface area contributed by atoms with Crippen molar-refractivity contribution in [2.45, 2.75) is 39.7 Å². The summed E-state index contributed by atoms with van der Waals surface area (Å²) in [5, 5.41) is 3.35. The van der Waals surface area contributed by atoms with Gasteiger partial charge >= 0.3 is 0 Å². The van der Waals surface area contributed by atoms with E-state index in [1.54, 1.807) is 0 Å². The Hall–Kier alpha value is -1.05. The monoisotopic (exact) mass is 178 g/mol. The van der Waals surface area contributed by atoms with Gasteiger partial charge in [-0.25, -0.2) is 4.98 Å². The van der Waals surface area contributed by atoms with E-state index < -0.39 is 0 Å². The largest absolute Gasteiger partial charge is 0.368 e. The predicted octanol–water partition coefficient (Wildman–Crippen LogP) is 2.85. The molecule has 0 saturated carbocycles. The van der Waals surface area contributed by atoms with E-state index in [2.05, 4.69) is 37.1 Å². The highest BCUT2D eigenvalue weighted by Gasteiger charge is 2.02. The number of hydrogen-bond donors (Lipinski definition) is 1. The van der Waals surface area contributed by atoms with E-state index >= 15 is 0 Å². The van der Waals surface area contributed by atoms with Crippen molar-refractivity contribution in [2.75, 3.05) is 5.32 Å². The summed E-state index contributed by atoms with van der Waals surface area (Å²) in [7, 11) is 0. The van der Waals surface area contributed by atoms with Gasteiger partial charge in [-0.1, -0.05) is 19.4 Å². The van der Waals surface area contributed by atoms with Crippen LogP contribution in [0.1, 0.15) is 32.8 Å². The third-order valence-corrected chi connectivity index (χ3v) is 1.84.